The van der Waals surface area contributed by atoms with Crippen LogP contribution in [0.3, 0.4) is 0 Å². The molecule has 4 heteroatoms. The van der Waals surface area contributed by atoms with Gasteiger partial charge in [-0.05, 0) is 69.3 Å². The third-order valence-electron chi connectivity index (χ3n) is 6.21. The number of nitrogens with zero attached hydrogens (tertiary/aromatic N) is 2. The van der Waals surface area contributed by atoms with Crippen molar-refractivity contribution in [1.29, 1.82) is 0 Å². The van der Waals surface area contributed by atoms with Gasteiger partial charge in [0, 0.05) is 28.7 Å². The van der Waals surface area contributed by atoms with Crippen molar-refractivity contribution < 1.29 is 9.90 Å². The van der Waals surface area contributed by atoms with Gasteiger partial charge in [0.2, 0.25) is 5.78 Å². The Labute approximate surface area is 182 Å². The first kappa shape index (κ1) is 19.6. The number of phenolic OH excluding ortho intramolecular Hbond substituents is 1. The van der Waals surface area contributed by atoms with Gasteiger partial charge in [0.15, 0.2) is 0 Å². The molecule has 0 saturated heterocycles. The van der Waals surface area contributed by atoms with Crippen molar-refractivity contribution in [2.24, 2.45) is 0 Å². The standard InChI is InChI=1S/C27H26N2O2/c1-17-8-11-19(12-9-17)29-23-14-15-24(30)22(16-28(2)3)25(23)21-13-10-18-6-4-5-7-20(18)27(31)26(21)29/h4-9,11-12,14-15,30H,10,13,16H2,1-3H3. The summed E-state index contributed by atoms with van der Waals surface area (Å²) in [4.78, 5) is 15.9. The predicted molar refractivity (Wildman–Crippen MR) is 124 cm³/mol. The van der Waals surface area contributed by atoms with E-state index in [0.29, 0.717) is 6.54 Å². The van der Waals surface area contributed by atoms with Gasteiger partial charge in [-0.1, -0.05) is 42.0 Å². The molecule has 0 spiro atoms. The fraction of sp³-hybridized carbons (Fsp3) is 0.222. The number of aromatic nitrogens is 1. The average molecular weight is 411 g/mol. The second-order valence-corrected chi connectivity index (χ2v) is 8.68. The Bertz CT molecular complexity index is 1310. The van der Waals surface area contributed by atoms with Crippen LogP contribution in [0.25, 0.3) is 16.6 Å². The fourth-order valence-corrected chi connectivity index (χ4v) is 4.79. The van der Waals surface area contributed by atoms with Gasteiger partial charge < -0.3 is 14.6 Å². The highest BCUT2D eigenvalue weighted by atomic mass is 16.3. The molecule has 5 rings (SSSR count). The summed E-state index contributed by atoms with van der Waals surface area (Å²) in [6.07, 6.45) is 1.57. The highest BCUT2D eigenvalue weighted by Gasteiger charge is 2.30. The monoisotopic (exact) mass is 410 g/mol. The Morgan fingerprint density at radius 3 is 2.45 bits per heavy atom. The van der Waals surface area contributed by atoms with E-state index in [4.69, 9.17) is 0 Å². The average Bonchev–Trinajstić information content (AvgIpc) is 3.01. The minimum absolute atomic E-state index is 0.0511. The van der Waals surface area contributed by atoms with E-state index in [1.165, 1.54) is 5.56 Å². The van der Waals surface area contributed by atoms with Crippen LogP contribution in [0.2, 0.25) is 0 Å². The number of hydrogen-bond acceptors (Lipinski definition) is 3. The van der Waals surface area contributed by atoms with Crippen molar-refractivity contribution in [3.63, 3.8) is 0 Å². The summed E-state index contributed by atoms with van der Waals surface area (Å²) in [6.45, 7) is 2.67. The lowest BCUT2D eigenvalue weighted by Gasteiger charge is -2.15. The minimum atomic E-state index is 0.0511. The molecular formula is C27H26N2O2. The molecule has 1 aromatic heterocycles. The van der Waals surface area contributed by atoms with E-state index >= 15 is 0 Å². The quantitative estimate of drug-likeness (QED) is 0.515. The van der Waals surface area contributed by atoms with Crippen LogP contribution >= 0.6 is 0 Å². The third kappa shape index (κ3) is 3.15. The molecule has 31 heavy (non-hydrogen) atoms. The van der Waals surface area contributed by atoms with E-state index in [1.807, 2.05) is 38.4 Å². The van der Waals surface area contributed by atoms with Gasteiger partial charge in [-0.25, -0.2) is 0 Å². The second-order valence-electron chi connectivity index (χ2n) is 8.68. The van der Waals surface area contributed by atoms with Crippen molar-refractivity contribution >= 4 is 16.7 Å². The number of benzene rings is 3. The Morgan fingerprint density at radius 1 is 0.968 bits per heavy atom. The largest absolute Gasteiger partial charge is 0.508 e. The first-order valence-electron chi connectivity index (χ1n) is 10.7. The molecule has 3 aromatic carbocycles. The molecule has 0 radical (unpaired) electrons. The van der Waals surface area contributed by atoms with Crippen LogP contribution in [0.1, 0.15) is 38.3 Å². The fourth-order valence-electron chi connectivity index (χ4n) is 4.79. The molecule has 0 fully saturated rings. The summed E-state index contributed by atoms with van der Waals surface area (Å²) in [7, 11) is 3.99. The van der Waals surface area contributed by atoms with E-state index in [0.717, 1.165) is 57.4 Å². The maximum atomic E-state index is 13.9. The predicted octanol–water partition coefficient (Wildman–Crippen LogP) is 5.04. The first-order chi connectivity index (χ1) is 15.0. The molecule has 1 aliphatic carbocycles. The van der Waals surface area contributed by atoms with Crippen LogP contribution in [-0.4, -0.2) is 34.5 Å². The Morgan fingerprint density at radius 2 is 1.71 bits per heavy atom. The molecule has 0 saturated carbocycles. The van der Waals surface area contributed by atoms with Crippen molar-refractivity contribution in [2.75, 3.05) is 14.1 Å². The maximum absolute atomic E-state index is 13.9. The Hall–Kier alpha value is -3.37. The Balaban J connectivity index is 1.90. The van der Waals surface area contributed by atoms with Gasteiger partial charge in [0.05, 0.1) is 11.2 Å². The maximum Gasteiger partial charge on any atom is 0.210 e. The number of aromatic hydroxyl groups is 1. The zero-order valence-electron chi connectivity index (χ0n) is 18.1. The third-order valence-corrected chi connectivity index (χ3v) is 6.21. The zero-order chi connectivity index (χ0) is 21.7. The van der Waals surface area contributed by atoms with Gasteiger partial charge in [-0.3, -0.25) is 4.79 Å². The number of carbonyl (C=O) groups excluding carboxylic acids is 1. The van der Waals surface area contributed by atoms with E-state index < -0.39 is 0 Å². The number of phenols is 1. The summed E-state index contributed by atoms with van der Waals surface area (Å²) in [5, 5.41) is 11.8. The molecule has 0 amide bonds. The summed E-state index contributed by atoms with van der Waals surface area (Å²) < 4.78 is 2.09. The number of carbonyl (C=O) groups is 1. The van der Waals surface area contributed by atoms with Crippen molar-refractivity contribution in [3.05, 3.63) is 94.2 Å². The lowest BCUT2D eigenvalue weighted by atomic mass is 9.99. The smallest absolute Gasteiger partial charge is 0.210 e. The molecule has 0 bridgehead atoms. The van der Waals surface area contributed by atoms with Crippen LogP contribution in [0.5, 0.6) is 5.75 Å². The molecule has 1 heterocycles. The molecule has 156 valence electrons. The SMILES string of the molecule is Cc1ccc(-n2c3c(c4c(CN(C)C)c(O)ccc42)CCc2ccccc2C3=O)cc1. The number of ketones is 1. The van der Waals surface area contributed by atoms with Crippen molar-refractivity contribution in [3.8, 4) is 11.4 Å². The van der Waals surface area contributed by atoms with Gasteiger partial charge in [-0.2, -0.15) is 0 Å². The zero-order valence-corrected chi connectivity index (χ0v) is 18.1. The second kappa shape index (κ2) is 7.40. The van der Waals surface area contributed by atoms with Crippen molar-refractivity contribution in [1.82, 2.24) is 9.47 Å². The summed E-state index contributed by atoms with van der Waals surface area (Å²) in [5.41, 5.74) is 7.59. The molecule has 1 N–H and O–H groups in total. The molecule has 4 nitrogen and oxygen atoms in total. The Kier molecular flexibility index (Phi) is 4.67. The van der Waals surface area contributed by atoms with Gasteiger partial charge in [0.25, 0.3) is 0 Å². The molecule has 1 aliphatic rings. The van der Waals surface area contributed by atoms with Crippen LogP contribution < -0.4 is 0 Å². The van der Waals surface area contributed by atoms with Gasteiger partial charge >= 0.3 is 0 Å². The number of aryl methyl sites for hydroxylation is 3. The highest BCUT2D eigenvalue weighted by molar-refractivity contribution is 6.14. The summed E-state index contributed by atoms with van der Waals surface area (Å²) in [6, 6.07) is 19.9. The van der Waals surface area contributed by atoms with E-state index in [2.05, 4.69) is 46.7 Å². The molecular weight excluding hydrogens is 384 g/mol. The minimum Gasteiger partial charge on any atom is -0.508 e. The van der Waals surface area contributed by atoms with Crippen LogP contribution in [-0.2, 0) is 19.4 Å². The lowest BCUT2D eigenvalue weighted by molar-refractivity contribution is 0.103. The lowest BCUT2D eigenvalue weighted by Crippen LogP contribution is -2.11. The van der Waals surface area contributed by atoms with Crippen LogP contribution in [0.4, 0.5) is 0 Å². The first-order valence-corrected chi connectivity index (χ1v) is 10.7. The molecule has 4 aromatic rings. The van der Waals surface area contributed by atoms with Gasteiger partial charge in [0.1, 0.15) is 5.75 Å². The van der Waals surface area contributed by atoms with Crippen molar-refractivity contribution in [2.45, 2.75) is 26.3 Å². The normalized spacial score (nSPS) is 13.4. The van der Waals surface area contributed by atoms with Crippen LogP contribution in [0, 0.1) is 6.92 Å². The topological polar surface area (TPSA) is 45.5 Å². The van der Waals surface area contributed by atoms with E-state index in [-0.39, 0.29) is 11.5 Å². The molecule has 0 atom stereocenters. The number of rotatable bonds is 3. The number of fused-ring (bicyclic) bond motifs is 4. The molecule has 0 aliphatic heterocycles. The highest BCUT2D eigenvalue weighted by Crippen LogP contribution is 2.39. The van der Waals surface area contributed by atoms with E-state index in [9.17, 15) is 9.90 Å². The van der Waals surface area contributed by atoms with E-state index in [1.54, 1.807) is 6.07 Å². The summed E-state index contributed by atoms with van der Waals surface area (Å²) in [5.74, 6) is 0.328. The summed E-state index contributed by atoms with van der Waals surface area (Å²) >= 11 is 0. The van der Waals surface area contributed by atoms with Crippen LogP contribution in [0.15, 0.2) is 60.7 Å². The number of hydrogen-bond donors (Lipinski definition) is 1. The van der Waals surface area contributed by atoms with Gasteiger partial charge in [-0.15, -0.1) is 0 Å². The molecule has 0 unspecified atom stereocenters.